The molecule has 0 unspecified atom stereocenters. The van der Waals surface area contributed by atoms with E-state index >= 15 is 0 Å². The summed E-state index contributed by atoms with van der Waals surface area (Å²) < 4.78 is 8.05. The molecule has 3 heterocycles. The van der Waals surface area contributed by atoms with Gasteiger partial charge in [0.1, 0.15) is 0 Å². The van der Waals surface area contributed by atoms with E-state index < -0.39 is 0 Å². The number of fused-ring (bicyclic) bond motifs is 4. The minimum Gasteiger partial charge on any atom is -0.379 e. The Kier molecular flexibility index (Phi) is 6.69. The van der Waals surface area contributed by atoms with E-state index in [-0.39, 0.29) is 0 Å². The minimum atomic E-state index is 0.315. The third-order valence-corrected chi connectivity index (χ3v) is 8.97. The molecule has 1 saturated heterocycles. The minimum absolute atomic E-state index is 0.315. The molecule has 0 saturated carbocycles. The average molecular weight is 516 g/mol. The van der Waals surface area contributed by atoms with E-state index in [1.165, 1.54) is 44.1 Å². The van der Waals surface area contributed by atoms with Gasteiger partial charge in [0.05, 0.1) is 13.2 Å². The third-order valence-electron chi connectivity index (χ3n) is 8.97. The molecule has 0 N–H and O–H groups in total. The maximum Gasteiger partial charge on any atom is 0.0594 e. The second-order valence-electron chi connectivity index (χ2n) is 11.2. The number of hydrogen-bond donors (Lipinski definition) is 0. The van der Waals surface area contributed by atoms with Gasteiger partial charge in [-0.3, -0.25) is 9.80 Å². The van der Waals surface area contributed by atoms with Crippen LogP contribution in [0.1, 0.15) is 34.2 Å². The molecule has 39 heavy (non-hydrogen) atoms. The quantitative estimate of drug-likeness (QED) is 0.256. The molecule has 4 heteroatoms. The fraction of sp³-hybridized carbons (Fsp3) is 0.314. The van der Waals surface area contributed by atoms with Crippen LogP contribution in [-0.4, -0.2) is 53.8 Å². The lowest BCUT2D eigenvalue weighted by Gasteiger charge is -2.45. The van der Waals surface area contributed by atoms with E-state index in [0.29, 0.717) is 12.0 Å². The van der Waals surface area contributed by atoms with Crippen LogP contribution in [0.3, 0.4) is 0 Å². The van der Waals surface area contributed by atoms with Crippen molar-refractivity contribution in [3.63, 3.8) is 0 Å². The Balaban J connectivity index is 1.34. The highest BCUT2D eigenvalue weighted by Crippen LogP contribution is 2.44. The van der Waals surface area contributed by atoms with Gasteiger partial charge in [0.2, 0.25) is 0 Å². The molecular weight excluding hydrogens is 478 g/mol. The molecule has 1 aromatic heterocycles. The Hall–Kier alpha value is -3.44. The number of nitrogens with zero attached hydrogens (tertiary/aromatic N) is 3. The van der Waals surface area contributed by atoms with Crippen LogP contribution in [0, 0.1) is 0 Å². The molecular formula is C35H37N3O. The molecule has 0 aliphatic carbocycles. The van der Waals surface area contributed by atoms with Crippen molar-refractivity contribution in [1.29, 1.82) is 0 Å². The predicted molar refractivity (Wildman–Crippen MR) is 160 cm³/mol. The second kappa shape index (κ2) is 10.6. The van der Waals surface area contributed by atoms with Crippen molar-refractivity contribution in [2.75, 3.05) is 39.4 Å². The molecule has 2 atom stereocenters. The zero-order chi connectivity index (χ0) is 26.2. The number of aryl methyl sites for hydroxylation is 1. The van der Waals surface area contributed by atoms with Gasteiger partial charge in [0.25, 0.3) is 0 Å². The number of benzene rings is 4. The molecule has 2 aliphatic rings. The van der Waals surface area contributed by atoms with Crippen molar-refractivity contribution in [2.45, 2.75) is 24.9 Å². The average Bonchev–Trinajstić information content (AvgIpc) is 3.28. The van der Waals surface area contributed by atoms with Crippen molar-refractivity contribution in [3.8, 4) is 0 Å². The fourth-order valence-corrected chi connectivity index (χ4v) is 6.99. The van der Waals surface area contributed by atoms with Gasteiger partial charge >= 0.3 is 0 Å². The van der Waals surface area contributed by atoms with Crippen LogP contribution in [-0.2, 0) is 24.8 Å². The summed E-state index contributed by atoms with van der Waals surface area (Å²) in [6, 6.07) is 36.5. The molecule has 5 aromatic rings. The van der Waals surface area contributed by atoms with Gasteiger partial charge in [-0.1, -0.05) is 78.9 Å². The number of hydrogen-bond acceptors (Lipinski definition) is 3. The molecule has 0 bridgehead atoms. The summed E-state index contributed by atoms with van der Waals surface area (Å²) in [4.78, 5) is 5.38. The molecule has 0 spiro atoms. The van der Waals surface area contributed by atoms with E-state index in [9.17, 15) is 0 Å². The van der Waals surface area contributed by atoms with Gasteiger partial charge < -0.3 is 9.30 Å². The van der Waals surface area contributed by atoms with Crippen molar-refractivity contribution < 1.29 is 4.74 Å². The monoisotopic (exact) mass is 515 g/mol. The zero-order valence-corrected chi connectivity index (χ0v) is 22.8. The fourth-order valence-electron chi connectivity index (χ4n) is 6.99. The van der Waals surface area contributed by atoms with Crippen molar-refractivity contribution in [3.05, 3.63) is 119 Å². The van der Waals surface area contributed by atoms with E-state index in [1.807, 2.05) is 0 Å². The van der Waals surface area contributed by atoms with Crippen LogP contribution in [0.4, 0.5) is 0 Å². The number of aromatic nitrogens is 1. The number of rotatable bonds is 6. The smallest absolute Gasteiger partial charge is 0.0594 e. The molecule has 198 valence electrons. The van der Waals surface area contributed by atoms with Crippen molar-refractivity contribution in [1.82, 2.24) is 14.4 Å². The first-order chi connectivity index (χ1) is 19.3. The number of ether oxygens (including phenoxy) is 1. The largest absolute Gasteiger partial charge is 0.379 e. The van der Waals surface area contributed by atoms with E-state index in [0.717, 1.165) is 52.4 Å². The van der Waals surface area contributed by atoms with Crippen LogP contribution in [0.25, 0.3) is 21.8 Å². The summed E-state index contributed by atoms with van der Waals surface area (Å²) in [6.45, 7) is 6.77. The van der Waals surface area contributed by atoms with Crippen molar-refractivity contribution >= 4 is 21.8 Å². The topological polar surface area (TPSA) is 20.6 Å². The predicted octanol–water partition coefficient (Wildman–Crippen LogP) is 6.55. The van der Waals surface area contributed by atoms with Gasteiger partial charge in [-0.2, -0.15) is 0 Å². The zero-order valence-electron chi connectivity index (χ0n) is 22.8. The molecule has 4 aromatic carbocycles. The van der Waals surface area contributed by atoms with Crippen LogP contribution in [0.2, 0.25) is 0 Å². The van der Waals surface area contributed by atoms with Gasteiger partial charge in [-0.15, -0.1) is 0 Å². The van der Waals surface area contributed by atoms with Crippen LogP contribution >= 0.6 is 0 Å². The SMILES string of the molecule is Cn1c2ccccc2c2cc([C@H]3[C@H](CN4CCOCC4)c4ccccc4CN3CCc3ccccc3)ccc21. The maximum atomic E-state index is 5.72. The summed E-state index contributed by atoms with van der Waals surface area (Å²) >= 11 is 0. The van der Waals surface area contributed by atoms with Gasteiger partial charge in [-0.25, -0.2) is 0 Å². The molecule has 2 aliphatic heterocycles. The lowest BCUT2D eigenvalue weighted by Crippen LogP contribution is -2.45. The van der Waals surface area contributed by atoms with E-state index in [2.05, 4.69) is 118 Å². The molecule has 4 nitrogen and oxygen atoms in total. The summed E-state index contributed by atoms with van der Waals surface area (Å²) in [5.74, 6) is 0.399. The molecule has 7 rings (SSSR count). The Morgan fingerprint density at radius 3 is 2.38 bits per heavy atom. The first kappa shape index (κ1) is 24.6. The third kappa shape index (κ3) is 4.67. The molecule has 0 radical (unpaired) electrons. The van der Waals surface area contributed by atoms with Crippen LogP contribution in [0.5, 0.6) is 0 Å². The van der Waals surface area contributed by atoms with Crippen LogP contribution in [0.15, 0.2) is 97.1 Å². The standard InChI is InChI=1S/C35H37N3O/c1-36-33-14-8-7-13-30(33)31-23-27(15-16-34(31)36)35-32(25-37-19-21-39-22-20-37)29-12-6-5-11-28(29)24-38(35)18-17-26-9-3-2-4-10-26/h2-16,23,32,35H,17-22,24-25H2,1H3/t32-,35+/m1/s1. The Labute approximate surface area is 231 Å². The number of morpholine rings is 1. The lowest BCUT2D eigenvalue weighted by molar-refractivity contribution is 0.0256. The Morgan fingerprint density at radius 2 is 1.51 bits per heavy atom. The first-order valence-corrected chi connectivity index (χ1v) is 14.4. The van der Waals surface area contributed by atoms with Gasteiger partial charge in [0.15, 0.2) is 0 Å². The summed E-state index contributed by atoms with van der Waals surface area (Å²) in [5.41, 5.74) is 8.43. The Morgan fingerprint density at radius 1 is 0.769 bits per heavy atom. The number of para-hydroxylation sites is 1. The summed E-state index contributed by atoms with van der Waals surface area (Å²) in [6.07, 6.45) is 1.06. The Bertz CT molecular complexity index is 1580. The first-order valence-electron chi connectivity index (χ1n) is 14.4. The van der Waals surface area contributed by atoms with E-state index in [1.54, 1.807) is 0 Å². The highest BCUT2D eigenvalue weighted by atomic mass is 16.5. The molecule has 1 fully saturated rings. The highest BCUT2D eigenvalue weighted by Gasteiger charge is 2.37. The van der Waals surface area contributed by atoms with Crippen molar-refractivity contribution in [2.24, 2.45) is 7.05 Å². The molecule has 0 amide bonds. The normalized spacial score (nSPS) is 20.4. The van der Waals surface area contributed by atoms with Gasteiger partial charge in [-0.05, 0) is 46.9 Å². The highest BCUT2D eigenvalue weighted by molar-refractivity contribution is 6.08. The maximum absolute atomic E-state index is 5.72. The van der Waals surface area contributed by atoms with Gasteiger partial charge in [0, 0.05) is 73.5 Å². The summed E-state index contributed by atoms with van der Waals surface area (Å²) in [7, 11) is 2.19. The summed E-state index contributed by atoms with van der Waals surface area (Å²) in [5, 5.41) is 2.70. The van der Waals surface area contributed by atoms with E-state index in [4.69, 9.17) is 4.74 Å². The lowest BCUT2D eigenvalue weighted by atomic mass is 9.79. The van der Waals surface area contributed by atoms with Crippen LogP contribution < -0.4 is 0 Å². The second-order valence-corrected chi connectivity index (χ2v) is 11.2.